The largest absolute Gasteiger partial charge is 0.480 e. The number of aromatic nitrogens is 1. The van der Waals surface area contributed by atoms with Gasteiger partial charge in [0, 0.05) is 0 Å². The average Bonchev–Trinajstić information content (AvgIpc) is 2.50. The first-order valence-electron chi connectivity index (χ1n) is 4.09. The summed E-state index contributed by atoms with van der Waals surface area (Å²) in [6.07, 6.45) is 6.67. The molecule has 0 amide bonds. The lowest BCUT2D eigenvalue weighted by atomic mass is 10.4. The van der Waals surface area contributed by atoms with Gasteiger partial charge < -0.3 is 5.11 Å². The Morgan fingerprint density at radius 2 is 2.53 bits per heavy atom. The van der Waals surface area contributed by atoms with E-state index in [2.05, 4.69) is 10.9 Å². The molecule has 1 aromatic heterocycles. The van der Waals surface area contributed by atoms with Crippen molar-refractivity contribution < 1.29 is 9.90 Å². The fraction of sp³-hybridized carbons (Fsp3) is 0.333. The van der Waals surface area contributed by atoms with Gasteiger partial charge in [-0.1, -0.05) is 17.5 Å². The molecule has 0 aliphatic carbocycles. The van der Waals surface area contributed by atoms with Crippen molar-refractivity contribution in [3.8, 4) is 12.3 Å². The molecule has 1 N–H and O–H groups in total. The van der Waals surface area contributed by atoms with E-state index in [1.54, 1.807) is 4.90 Å². The van der Waals surface area contributed by atoms with Crippen molar-refractivity contribution in [2.45, 2.75) is 6.54 Å². The van der Waals surface area contributed by atoms with Gasteiger partial charge in [0.25, 0.3) is 0 Å². The second kappa shape index (κ2) is 5.71. The van der Waals surface area contributed by atoms with Crippen LogP contribution in [0.1, 0.15) is 5.01 Å². The Labute approximate surface area is 96.5 Å². The third-order valence-corrected chi connectivity index (χ3v) is 2.66. The minimum Gasteiger partial charge on any atom is -0.480 e. The lowest BCUT2D eigenvalue weighted by molar-refractivity contribution is -0.138. The standard InChI is InChI=1S/C9H9ClN2O2S/c1-2-3-12(6-9(13)14)5-8-11-4-7(10)15-8/h1,4H,3,5-6H2,(H,13,14). The number of nitrogens with zero attached hydrogens (tertiary/aromatic N) is 2. The topological polar surface area (TPSA) is 53.4 Å². The molecule has 4 nitrogen and oxygen atoms in total. The summed E-state index contributed by atoms with van der Waals surface area (Å²) in [4.78, 5) is 16.2. The Morgan fingerprint density at radius 3 is 3.00 bits per heavy atom. The molecule has 0 unspecified atom stereocenters. The molecule has 0 radical (unpaired) electrons. The Balaban J connectivity index is 2.58. The van der Waals surface area contributed by atoms with E-state index in [1.165, 1.54) is 17.5 Å². The first-order valence-corrected chi connectivity index (χ1v) is 5.29. The molecule has 0 saturated heterocycles. The lowest BCUT2D eigenvalue weighted by Gasteiger charge is -2.14. The molecule has 1 rings (SSSR count). The predicted octanol–water partition coefficient (Wildman–Crippen LogP) is 1.32. The average molecular weight is 245 g/mol. The van der Waals surface area contributed by atoms with Crippen molar-refractivity contribution in [2.75, 3.05) is 13.1 Å². The molecule has 1 heterocycles. The smallest absolute Gasteiger partial charge is 0.317 e. The Bertz CT molecular complexity index is 386. The molecule has 0 atom stereocenters. The molecule has 0 spiro atoms. The van der Waals surface area contributed by atoms with Crippen molar-refractivity contribution in [3.63, 3.8) is 0 Å². The fourth-order valence-corrected chi connectivity index (χ4v) is 2.04. The molecule has 1 aromatic rings. The zero-order chi connectivity index (χ0) is 11.3. The number of thiazole rings is 1. The summed E-state index contributed by atoms with van der Waals surface area (Å²) in [5.41, 5.74) is 0. The van der Waals surface area contributed by atoms with Gasteiger partial charge in [0.05, 0.1) is 25.8 Å². The van der Waals surface area contributed by atoms with E-state index in [9.17, 15) is 4.79 Å². The highest BCUT2D eigenvalue weighted by molar-refractivity contribution is 7.15. The number of halogens is 1. The summed E-state index contributed by atoms with van der Waals surface area (Å²) in [5, 5.41) is 9.40. The minimum atomic E-state index is -0.909. The Kier molecular flexibility index (Phi) is 4.56. The molecule has 0 aliphatic rings. The minimum absolute atomic E-state index is 0.0958. The summed E-state index contributed by atoms with van der Waals surface area (Å²) in [7, 11) is 0. The van der Waals surface area contributed by atoms with Gasteiger partial charge in [-0.15, -0.1) is 17.8 Å². The van der Waals surface area contributed by atoms with Crippen LogP contribution < -0.4 is 0 Å². The molecular weight excluding hydrogens is 236 g/mol. The summed E-state index contributed by atoms with van der Waals surface area (Å²) >= 11 is 7.03. The second-order valence-electron chi connectivity index (χ2n) is 2.80. The van der Waals surface area contributed by atoms with Gasteiger partial charge in [-0.05, 0) is 0 Å². The van der Waals surface area contributed by atoms with Gasteiger partial charge in [0.1, 0.15) is 9.34 Å². The molecule has 0 fully saturated rings. The van der Waals surface area contributed by atoms with Crippen LogP contribution in [0.4, 0.5) is 0 Å². The van der Waals surface area contributed by atoms with Crippen molar-refractivity contribution in [3.05, 3.63) is 15.5 Å². The van der Waals surface area contributed by atoms with Crippen LogP contribution in [0.3, 0.4) is 0 Å². The molecule has 15 heavy (non-hydrogen) atoms. The molecule has 0 bridgehead atoms. The van der Waals surface area contributed by atoms with Crippen LogP contribution in [0.2, 0.25) is 4.34 Å². The van der Waals surface area contributed by atoms with Gasteiger partial charge in [0.2, 0.25) is 0 Å². The molecule has 0 aliphatic heterocycles. The maximum atomic E-state index is 10.5. The summed E-state index contributed by atoms with van der Waals surface area (Å²) < 4.78 is 0.584. The van der Waals surface area contributed by atoms with Crippen LogP contribution in [-0.4, -0.2) is 34.0 Å². The van der Waals surface area contributed by atoms with E-state index < -0.39 is 5.97 Å². The van der Waals surface area contributed by atoms with Crippen LogP contribution in [0.25, 0.3) is 0 Å². The maximum absolute atomic E-state index is 10.5. The van der Waals surface area contributed by atoms with Gasteiger partial charge in [-0.25, -0.2) is 4.98 Å². The maximum Gasteiger partial charge on any atom is 0.317 e. The van der Waals surface area contributed by atoms with Crippen molar-refractivity contribution in [1.82, 2.24) is 9.88 Å². The number of carboxylic acid groups (broad SMARTS) is 1. The Hall–Kier alpha value is -1.09. The summed E-state index contributed by atoms with van der Waals surface area (Å²) in [5.74, 6) is 1.50. The van der Waals surface area contributed by atoms with Crippen LogP contribution in [0, 0.1) is 12.3 Å². The number of terminal acetylenes is 1. The zero-order valence-electron chi connectivity index (χ0n) is 7.81. The zero-order valence-corrected chi connectivity index (χ0v) is 9.38. The fourth-order valence-electron chi connectivity index (χ4n) is 1.04. The second-order valence-corrected chi connectivity index (χ2v) is 4.55. The monoisotopic (exact) mass is 244 g/mol. The highest BCUT2D eigenvalue weighted by Crippen LogP contribution is 2.19. The number of rotatable bonds is 5. The van der Waals surface area contributed by atoms with E-state index >= 15 is 0 Å². The van der Waals surface area contributed by atoms with Crippen molar-refractivity contribution in [2.24, 2.45) is 0 Å². The summed E-state index contributed by atoms with van der Waals surface area (Å²) in [6.45, 7) is 0.596. The van der Waals surface area contributed by atoms with Gasteiger partial charge in [-0.2, -0.15) is 0 Å². The predicted molar refractivity (Wildman–Crippen MR) is 58.9 cm³/mol. The first kappa shape index (κ1) is 12.0. The third-order valence-electron chi connectivity index (χ3n) is 1.56. The Morgan fingerprint density at radius 1 is 1.80 bits per heavy atom. The van der Waals surface area contributed by atoms with Gasteiger partial charge in [0.15, 0.2) is 0 Å². The number of hydrogen-bond donors (Lipinski definition) is 1. The quantitative estimate of drug-likeness (QED) is 0.794. The van der Waals surface area contributed by atoms with Gasteiger partial charge in [-0.3, -0.25) is 9.69 Å². The van der Waals surface area contributed by atoms with Crippen LogP contribution in [0.5, 0.6) is 0 Å². The van der Waals surface area contributed by atoms with Crippen molar-refractivity contribution in [1.29, 1.82) is 0 Å². The normalized spacial score (nSPS) is 10.2. The molecule has 0 saturated carbocycles. The van der Waals surface area contributed by atoms with Crippen LogP contribution >= 0.6 is 22.9 Å². The molecule has 80 valence electrons. The van der Waals surface area contributed by atoms with Crippen LogP contribution in [-0.2, 0) is 11.3 Å². The van der Waals surface area contributed by atoms with Gasteiger partial charge >= 0.3 is 5.97 Å². The van der Waals surface area contributed by atoms with E-state index in [4.69, 9.17) is 23.1 Å². The lowest BCUT2D eigenvalue weighted by Crippen LogP contribution is -2.29. The summed E-state index contributed by atoms with van der Waals surface area (Å²) in [6, 6.07) is 0. The van der Waals surface area contributed by atoms with E-state index in [1.807, 2.05) is 0 Å². The SMILES string of the molecule is C#CCN(CC(=O)O)Cc1ncc(Cl)s1. The molecule has 6 heteroatoms. The third kappa shape index (κ3) is 4.30. The highest BCUT2D eigenvalue weighted by Gasteiger charge is 2.11. The van der Waals surface area contributed by atoms with Crippen molar-refractivity contribution >= 4 is 28.9 Å². The van der Waals surface area contributed by atoms with E-state index in [-0.39, 0.29) is 13.1 Å². The number of aliphatic carboxylic acids is 1. The molecule has 0 aromatic carbocycles. The number of carboxylic acids is 1. The molecular formula is C9H9ClN2O2S. The van der Waals surface area contributed by atoms with E-state index in [0.29, 0.717) is 10.9 Å². The number of carbonyl (C=O) groups is 1. The number of hydrogen-bond acceptors (Lipinski definition) is 4. The first-order chi connectivity index (χ1) is 7.11. The van der Waals surface area contributed by atoms with Crippen LogP contribution in [0.15, 0.2) is 6.20 Å². The highest BCUT2D eigenvalue weighted by atomic mass is 35.5. The van der Waals surface area contributed by atoms with E-state index in [0.717, 1.165) is 5.01 Å².